The number of alkyl halides is 3. The molecule has 0 saturated carbocycles. The van der Waals surface area contributed by atoms with Crippen LogP contribution in [0.3, 0.4) is 0 Å². The molecule has 0 atom stereocenters. The van der Waals surface area contributed by atoms with Crippen molar-refractivity contribution in [1.82, 2.24) is 5.32 Å². The van der Waals surface area contributed by atoms with Crippen molar-refractivity contribution >= 4 is 33.2 Å². The van der Waals surface area contributed by atoms with Crippen molar-refractivity contribution in [3.8, 4) is 0 Å². The van der Waals surface area contributed by atoms with Crippen LogP contribution in [0, 0.1) is 0 Å². The van der Waals surface area contributed by atoms with Crippen LogP contribution in [0.1, 0.15) is 4.88 Å². The summed E-state index contributed by atoms with van der Waals surface area (Å²) in [6, 6.07) is 1.65. The van der Waals surface area contributed by atoms with Crippen LogP contribution < -0.4 is 5.32 Å². The summed E-state index contributed by atoms with van der Waals surface area (Å²) in [7, 11) is 0. The van der Waals surface area contributed by atoms with Crippen LogP contribution in [0.2, 0.25) is 0 Å². The number of nitrogens with one attached hydrogen (secondary N) is 1. The van der Waals surface area contributed by atoms with Gasteiger partial charge in [-0.15, -0.1) is 11.3 Å². The maximum absolute atomic E-state index is 11.7. The molecule has 0 fully saturated rings. The maximum Gasteiger partial charge on any atom is 0.471 e. The number of amides is 1. The minimum atomic E-state index is -4.81. The maximum atomic E-state index is 11.7. The number of thiophene rings is 1. The number of rotatable bonds is 2. The zero-order valence-electron chi connectivity index (χ0n) is 6.69. The molecule has 0 saturated heterocycles. The summed E-state index contributed by atoms with van der Waals surface area (Å²) >= 11 is 4.43. The summed E-state index contributed by atoms with van der Waals surface area (Å²) < 4.78 is 36.0. The molecule has 78 valence electrons. The first kappa shape index (κ1) is 11.5. The third-order valence-electron chi connectivity index (χ3n) is 1.30. The van der Waals surface area contributed by atoms with Crippen molar-refractivity contribution in [3.05, 3.63) is 20.8 Å². The van der Waals surface area contributed by atoms with Gasteiger partial charge < -0.3 is 5.32 Å². The molecule has 0 radical (unpaired) electrons. The summed E-state index contributed by atoms with van der Waals surface area (Å²) in [6.07, 6.45) is -4.81. The van der Waals surface area contributed by atoms with Crippen molar-refractivity contribution in [2.75, 3.05) is 0 Å². The Balaban J connectivity index is 2.46. The molecule has 1 aromatic heterocycles. The number of carbonyl (C=O) groups is 1. The molecular formula is C7H5BrF3NOS. The van der Waals surface area contributed by atoms with Gasteiger partial charge in [0.25, 0.3) is 0 Å². The minimum Gasteiger partial charge on any atom is -0.343 e. The van der Waals surface area contributed by atoms with Crippen LogP contribution >= 0.6 is 27.3 Å². The summed E-state index contributed by atoms with van der Waals surface area (Å²) in [6.45, 7) is -0.103. The van der Waals surface area contributed by atoms with E-state index in [1.165, 1.54) is 11.3 Å². The summed E-state index contributed by atoms with van der Waals surface area (Å²) in [4.78, 5) is 11.1. The normalized spacial score (nSPS) is 11.4. The van der Waals surface area contributed by atoms with E-state index < -0.39 is 12.1 Å². The highest BCUT2D eigenvalue weighted by molar-refractivity contribution is 9.10. The molecule has 0 aliphatic carbocycles. The Morgan fingerprint density at radius 2 is 2.21 bits per heavy atom. The van der Waals surface area contributed by atoms with E-state index in [9.17, 15) is 18.0 Å². The van der Waals surface area contributed by atoms with E-state index in [4.69, 9.17) is 0 Å². The first-order valence-electron chi connectivity index (χ1n) is 3.47. The van der Waals surface area contributed by atoms with Gasteiger partial charge in [-0.2, -0.15) is 13.2 Å². The Morgan fingerprint density at radius 1 is 1.57 bits per heavy atom. The number of hydrogen-bond donors (Lipinski definition) is 1. The van der Waals surface area contributed by atoms with Crippen LogP contribution in [0.15, 0.2) is 15.9 Å². The second-order valence-electron chi connectivity index (χ2n) is 2.41. The number of hydrogen-bond acceptors (Lipinski definition) is 2. The highest BCUT2D eigenvalue weighted by Crippen LogP contribution is 2.20. The average Bonchev–Trinajstić information content (AvgIpc) is 2.45. The molecule has 0 aliphatic rings. The molecule has 14 heavy (non-hydrogen) atoms. The van der Waals surface area contributed by atoms with E-state index in [0.29, 0.717) is 4.88 Å². The Morgan fingerprint density at radius 3 is 2.64 bits per heavy atom. The molecule has 0 spiro atoms. The SMILES string of the molecule is O=C(NCc1cc(Br)cs1)C(F)(F)F. The predicted molar refractivity (Wildman–Crippen MR) is 49.9 cm³/mol. The van der Waals surface area contributed by atoms with E-state index in [1.807, 2.05) is 0 Å². The number of carbonyl (C=O) groups excluding carboxylic acids is 1. The first-order chi connectivity index (χ1) is 6.39. The van der Waals surface area contributed by atoms with E-state index in [2.05, 4.69) is 15.9 Å². The van der Waals surface area contributed by atoms with E-state index >= 15 is 0 Å². The molecule has 1 heterocycles. The van der Waals surface area contributed by atoms with Crippen molar-refractivity contribution < 1.29 is 18.0 Å². The molecule has 0 unspecified atom stereocenters. The zero-order chi connectivity index (χ0) is 10.8. The van der Waals surface area contributed by atoms with E-state index in [1.54, 1.807) is 16.8 Å². The summed E-state index contributed by atoms with van der Waals surface area (Å²) in [5, 5.41) is 3.51. The van der Waals surface area contributed by atoms with Gasteiger partial charge in [-0.25, -0.2) is 0 Å². The highest BCUT2D eigenvalue weighted by Gasteiger charge is 2.38. The zero-order valence-corrected chi connectivity index (χ0v) is 9.09. The van der Waals surface area contributed by atoms with E-state index in [-0.39, 0.29) is 6.54 Å². The number of halogens is 4. The standard InChI is InChI=1S/C7H5BrF3NOS/c8-4-1-5(14-3-4)2-12-6(13)7(9,10)11/h1,3H,2H2,(H,12,13). The van der Waals surface area contributed by atoms with Gasteiger partial charge in [-0.3, -0.25) is 4.79 Å². The van der Waals surface area contributed by atoms with Gasteiger partial charge in [0.15, 0.2) is 0 Å². The summed E-state index contributed by atoms with van der Waals surface area (Å²) in [5.41, 5.74) is 0. The Labute approximate surface area is 90.2 Å². The lowest BCUT2D eigenvalue weighted by Crippen LogP contribution is -2.36. The van der Waals surface area contributed by atoms with Crippen LogP contribution in [0.25, 0.3) is 0 Å². The minimum absolute atomic E-state index is 0.103. The molecular weight excluding hydrogens is 283 g/mol. The molecule has 1 aromatic rings. The van der Waals surface area contributed by atoms with Crippen molar-refractivity contribution in [1.29, 1.82) is 0 Å². The van der Waals surface area contributed by atoms with Crippen LogP contribution in [-0.2, 0) is 11.3 Å². The Kier molecular flexibility index (Phi) is 3.54. The third-order valence-corrected chi connectivity index (χ3v) is 3.00. The predicted octanol–water partition coefficient (Wildman–Crippen LogP) is 2.69. The second-order valence-corrected chi connectivity index (χ2v) is 4.32. The second kappa shape index (κ2) is 4.31. The van der Waals surface area contributed by atoms with Crippen molar-refractivity contribution in [2.45, 2.75) is 12.7 Å². The third kappa shape index (κ3) is 3.30. The molecule has 7 heteroatoms. The van der Waals surface area contributed by atoms with Crippen LogP contribution in [-0.4, -0.2) is 12.1 Å². The van der Waals surface area contributed by atoms with Crippen LogP contribution in [0.4, 0.5) is 13.2 Å². The van der Waals surface area contributed by atoms with Crippen LogP contribution in [0.5, 0.6) is 0 Å². The van der Waals surface area contributed by atoms with Gasteiger partial charge in [0.1, 0.15) is 0 Å². The summed E-state index contributed by atoms with van der Waals surface area (Å²) in [5.74, 6) is -1.91. The lowest BCUT2D eigenvalue weighted by atomic mass is 10.4. The Hall–Kier alpha value is -0.560. The lowest BCUT2D eigenvalue weighted by molar-refractivity contribution is -0.173. The van der Waals surface area contributed by atoms with E-state index in [0.717, 1.165) is 4.47 Å². The average molecular weight is 288 g/mol. The highest BCUT2D eigenvalue weighted by atomic mass is 79.9. The van der Waals surface area contributed by atoms with Gasteiger partial charge in [0, 0.05) is 14.7 Å². The van der Waals surface area contributed by atoms with Gasteiger partial charge in [-0.1, -0.05) is 0 Å². The molecule has 2 nitrogen and oxygen atoms in total. The van der Waals surface area contributed by atoms with Gasteiger partial charge in [0.2, 0.25) is 0 Å². The fraction of sp³-hybridized carbons (Fsp3) is 0.286. The topological polar surface area (TPSA) is 29.1 Å². The first-order valence-corrected chi connectivity index (χ1v) is 5.15. The quantitative estimate of drug-likeness (QED) is 0.890. The molecule has 1 rings (SSSR count). The van der Waals surface area contributed by atoms with Gasteiger partial charge in [-0.05, 0) is 22.0 Å². The lowest BCUT2D eigenvalue weighted by Gasteiger charge is -2.05. The largest absolute Gasteiger partial charge is 0.471 e. The molecule has 0 aliphatic heterocycles. The smallest absolute Gasteiger partial charge is 0.343 e. The van der Waals surface area contributed by atoms with Crippen molar-refractivity contribution in [2.24, 2.45) is 0 Å². The van der Waals surface area contributed by atoms with Gasteiger partial charge >= 0.3 is 12.1 Å². The fourth-order valence-electron chi connectivity index (χ4n) is 0.714. The van der Waals surface area contributed by atoms with Gasteiger partial charge in [0.05, 0.1) is 6.54 Å². The fourth-order valence-corrected chi connectivity index (χ4v) is 2.10. The Bertz CT molecular complexity index is 336. The molecule has 0 aromatic carbocycles. The molecule has 0 bridgehead atoms. The van der Waals surface area contributed by atoms with Crippen molar-refractivity contribution in [3.63, 3.8) is 0 Å². The monoisotopic (exact) mass is 287 g/mol. The molecule has 1 N–H and O–H groups in total. The molecule has 1 amide bonds.